The Morgan fingerprint density at radius 3 is 2.23 bits per heavy atom. The van der Waals surface area contributed by atoms with Gasteiger partial charge in [-0.3, -0.25) is 14.5 Å². The highest BCUT2D eigenvalue weighted by atomic mass is 19.4. The number of nitrogens with one attached hydrogen (secondary N) is 1. The van der Waals surface area contributed by atoms with E-state index in [2.05, 4.69) is 5.32 Å². The zero-order chi connectivity index (χ0) is 28.2. The summed E-state index contributed by atoms with van der Waals surface area (Å²) in [6.07, 6.45) is -4.57. The van der Waals surface area contributed by atoms with Gasteiger partial charge in [-0.1, -0.05) is 48.5 Å². The van der Waals surface area contributed by atoms with Gasteiger partial charge in [0.1, 0.15) is 0 Å². The number of rotatable bonds is 8. The number of primary amides is 1. The molecule has 3 N–H and O–H groups in total. The summed E-state index contributed by atoms with van der Waals surface area (Å²) in [6, 6.07) is 15.8. The minimum Gasteiger partial charge on any atom is -0.366 e. The summed E-state index contributed by atoms with van der Waals surface area (Å²) < 4.78 is 42.2. The van der Waals surface area contributed by atoms with Crippen LogP contribution >= 0.6 is 0 Å². The fourth-order valence-electron chi connectivity index (χ4n) is 4.71. The minimum absolute atomic E-state index is 0.0119. The number of amides is 3. The van der Waals surface area contributed by atoms with Crippen molar-refractivity contribution in [3.8, 4) is 0 Å². The molecular formula is C28H30F3N5O3. The molecule has 1 aromatic heterocycles. The van der Waals surface area contributed by atoms with Crippen LogP contribution in [0.5, 0.6) is 0 Å². The molecule has 4 rings (SSSR count). The lowest BCUT2D eigenvalue weighted by atomic mass is 10.1. The Balaban J connectivity index is 1.43. The van der Waals surface area contributed by atoms with Crippen LogP contribution in [0.2, 0.25) is 0 Å². The molecule has 0 aliphatic carbocycles. The molecule has 0 radical (unpaired) electrons. The van der Waals surface area contributed by atoms with Crippen molar-refractivity contribution in [1.29, 1.82) is 0 Å². The lowest BCUT2D eigenvalue weighted by Crippen LogP contribution is -2.52. The van der Waals surface area contributed by atoms with Crippen LogP contribution in [0.1, 0.15) is 43.2 Å². The van der Waals surface area contributed by atoms with Crippen LogP contribution in [-0.2, 0) is 19.3 Å². The van der Waals surface area contributed by atoms with E-state index in [4.69, 9.17) is 5.73 Å². The molecule has 11 heteroatoms. The normalized spacial score (nSPS) is 14.3. The van der Waals surface area contributed by atoms with E-state index in [1.807, 2.05) is 35.2 Å². The van der Waals surface area contributed by atoms with Gasteiger partial charge in [0.15, 0.2) is 5.78 Å². The van der Waals surface area contributed by atoms with Crippen molar-refractivity contribution in [1.82, 2.24) is 19.7 Å². The number of nitrogens with two attached hydrogens (primary N) is 1. The Labute approximate surface area is 224 Å². The fraction of sp³-hybridized carbons (Fsp3) is 0.321. The molecule has 3 aromatic rings. The van der Waals surface area contributed by atoms with E-state index in [1.54, 1.807) is 11.8 Å². The molecule has 1 saturated heterocycles. The quantitative estimate of drug-likeness (QED) is 0.425. The van der Waals surface area contributed by atoms with Crippen LogP contribution in [0, 0.1) is 6.92 Å². The smallest absolute Gasteiger partial charge is 0.366 e. The zero-order valence-electron chi connectivity index (χ0n) is 21.5. The van der Waals surface area contributed by atoms with Crippen LogP contribution < -0.4 is 11.1 Å². The van der Waals surface area contributed by atoms with Crippen LogP contribution in [0.3, 0.4) is 0 Å². The van der Waals surface area contributed by atoms with Gasteiger partial charge in [-0.25, -0.2) is 4.79 Å². The van der Waals surface area contributed by atoms with Gasteiger partial charge in [-0.15, -0.1) is 0 Å². The van der Waals surface area contributed by atoms with Crippen molar-refractivity contribution in [2.75, 3.05) is 32.7 Å². The Morgan fingerprint density at radius 1 is 0.949 bits per heavy atom. The number of alkyl halides is 3. The van der Waals surface area contributed by atoms with E-state index in [9.17, 15) is 27.6 Å². The highest BCUT2D eigenvalue weighted by Gasteiger charge is 2.33. The van der Waals surface area contributed by atoms with Gasteiger partial charge >= 0.3 is 12.2 Å². The van der Waals surface area contributed by atoms with Crippen LogP contribution in [-0.4, -0.2) is 64.8 Å². The zero-order valence-corrected chi connectivity index (χ0v) is 21.5. The molecule has 3 amide bonds. The number of carbonyl (C=O) groups is 3. The maximum Gasteiger partial charge on any atom is 0.416 e. The van der Waals surface area contributed by atoms with Crippen molar-refractivity contribution in [3.63, 3.8) is 0 Å². The summed E-state index contributed by atoms with van der Waals surface area (Å²) in [5.74, 6) is -1.11. The SMILES string of the molecule is Cc1c(C(N)=O)cc(C(=O)CN2CCN(C(=O)NCc3ccccc3)CC2)n1Cc1ccccc1C(F)(F)F. The van der Waals surface area contributed by atoms with Crippen molar-refractivity contribution < 1.29 is 27.6 Å². The predicted molar refractivity (Wildman–Crippen MR) is 139 cm³/mol. The standard InChI is InChI=1S/C28H30F3N5O3/c1-19-22(26(32)38)15-24(36(19)17-21-9-5-6-10-23(21)28(29,30)31)25(37)18-34-11-13-35(14-12-34)27(39)33-16-20-7-3-2-4-8-20/h2-10,15H,11-14,16-18H2,1H3,(H2,32,38)(H,33,39). The number of hydrogen-bond donors (Lipinski definition) is 2. The molecule has 2 aromatic carbocycles. The summed E-state index contributed by atoms with van der Waals surface area (Å²) in [5.41, 5.74) is 6.16. The van der Waals surface area contributed by atoms with E-state index in [0.29, 0.717) is 38.4 Å². The number of piperazine rings is 1. The number of nitrogens with zero attached hydrogens (tertiary/aromatic N) is 3. The van der Waals surface area contributed by atoms with Gasteiger partial charge in [0.2, 0.25) is 0 Å². The van der Waals surface area contributed by atoms with Gasteiger partial charge in [0.25, 0.3) is 5.91 Å². The molecule has 1 aliphatic rings. The molecular weight excluding hydrogens is 511 g/mol. The number of halogens is 3. The number of aromatic nitrogens is 1. The monoisotopic (exact) mass is 541 g/mol. The first-order chi connectivity index (χ1) is 18.5. The molecule has 0 unspecified atom stereocenters. The van der Waals surface area contributed by atoms with Crippen molar-refractivity contribution in [2.45, 2.75) is 26.2 Å². The third kappa shape index (κ3) is 6.66. The number of benzene rings is 2. The molecule has 206 valence electrons. The van der Waals surface area contributed by atoms with Crippen molar-refractivity contribution in [3.05, 3.63) is 94.3 Å². The number of urea groups is 1. The van der Waals surface area contributed by atoms with E-state index in [1.165, 1.54) is 28.8 Å². The average Bonchev–Trinajstić information content (AvgIpc) is 3.24. The van der Waals surface area contributed by atoms with E-state index in [0.717, 1.165) is 11.6 Å². The van der Waals surface area contributed by atoms with Gasteiger partial charge in [0, 0.05) is 45.0 Å². The number of carbonyl (C=O) groups excluding carboxylic acids is 3. The molecule has 2 heterocycles. The Hall–Kier alpha value is -4.12. The third-order valence-corrected chi connectivity index (χ3v) is 6.88. The van der Waals surface area contributed by atoms with Crippen LogP contribution in [0.25, 0.3) is 0 Å². The first-order valence-electron chi connectivity index (χ1n) is 12.5. The third-order valence-electron chi connectivity index (χ3n) is 6.88. The molecule has 0 saturated carbocycles. The Morgan fingerprint density at radius 2 is 1.59 bits per heavy atom. The first kappa shape index (κ1) is 27.9. The van der Waals surface area contributed by atoms with Crippen LogP contribution in [0.15, 0.2) is 60.7 Å². The second kappa shape index (κ2) is 11.7. The molecule has 0 spiro atoms. The average molecular weight is 542 g/mol. The molecule has 0 atom stereocenters. The summed E-state index contributed by atoms with van der Waals surface area (Å²) in [7, 11) is 0. The van der Waals surface area contributed by atoms with E-state index in [-0.39, 0.29) is 41.7 Å². The summed E-state index contributed by atoms with van der Waals surface area (Å²) in [6.45, 7) is 3.44. The van der Waals surface area contributed by atoms with E-state index < -0.39 is 17.6 Å². The second-order valence-corrected chi connectivity index (χ2v) is 9.46. The highest BCUT2D eigenvalue weighted by molar-refractivity contribution is 6.01. The molecule has 39 heavy (non-hydrogen) atoms. The van der Waals surface area contributed by atoms with E-state index >= 15 is 0 Å². The molecule has 0 bridgehead atoms. The Bertz CT molecular complexity index is 1350. The lowest BCUT2D eigenvalue weighted by Gasteiger charge is -2.34. The highest BCUT2D eigenvalue weighted by Crippen LogP contribution is 2.33. The van der Waals surface area contributed by atoms with Gasteiger partial charge in [-0.2, -0.15) is 13.2 Å². The summed E-state index contributed by atoms with van der Waals surface area (Å²) in [4.78, 5) is 41.4. The predicted octanol–water partition coefficient (Wildman–Crippen LogP) is 3.67. The van der Waals surface area contributed by atoms with Crippen molar-refractivity contribution >= 4 is 17.7 Å². The maximum absolute atomic E-state index is 13.6. The van der Waals surface area contributed by atoms with Crippen LogP contribution in [0.4, 0.5) is 18.0 Å². The Kier molecular flexibility index (Phi) is 8.39. The molecule has 1 fully saturated rings. The molecule has 1 aliphatic heterocycles. The molecule has 8 nitrogen and oxygen atoms in total. The lowest BCUT2D eigenvalue weighted by molar-refractivity contribution is -0.138. The van der Waals surface area contributed by atoms with Crippen molar-refractivity contribution in [2.24, 2.45) is 5.73 Å². The summed E-state index contributed by atoms with van der Waals surface area (Å²) >= 11 is 0. The van der Waals surface area contributed by atoms with Gasteiger partial charge < -0.3 is 20.5 Å². The largest absolute Gasteiger partial charge is 0.416 e. The second-order valence-electron chi connectivity index (χ2n) is 9.46. The number of hydrogen-bond acceptors (Lipinski definition) is 4. The minimum atomic E-state index is -4.57. The first-order valence-corrected chi connectivity index (χ1v) is 12.5. The summed E-state index contributed by atoms with van der Waals surface area (Å²) in [5, 5.41) is 2.89. The maximum atomic E-state index is 13.6. The topological polar surface area (TPSA) is 101 Å². The number of ketones is 1. The van der Waals surface area contributed by atoms with Gasteiger partial charge in [-0.05, 0) is 30.2 Å². The fourth-order valence-corrected chi connectivity index (χ4v) is 4.71. The van der Waals surface area contributed by atoms with Gasteiger partial charge in [0.05, 0.1) is 23.4 Å². The number of Topliss-reactive ketones (excluding diaryl/α,β-unsaturated/α-hetero) is 1.